The molecule has 10 heteroatoms. The first-order chi connectivity index (χ1) is 16.7. The molecule has 180 valence electrons. The fourth-order valence-corrected chi connectivity index (χ4v) is 3.73. The molecule has 0 fully saturated rings. The fraction of sp³-hybridized carbons (Fsp3) is 0.200. The molecule has 0 saturated carbocycles. The Balaban J connectivity index is 2.06. The van der Waals surface area contributed by atoms with Crippen molar-refractivity contribution in [3.05, 3.63) is 81.2 Å². The molecule has 1 heterocycles. The minimum absolute atomic E-state index is 0.0686. The second-order valence-electron chi connectivity index (χ2n) is 7.56. The third kappa shape index (κ3) is 5.51. The number of amides is 1. The van der Waals surface area contributed by atoms with Crippen LogP contribution >= 0.6 is 11.6 Å². The summed E-state index contributed by atoms with van der Waals surface area (Å²) in [6.45, 7) is 1.63. The number of anilines is 1. The molecule has 0 aliphatic carbocycles. The number of nitrogens with one attached hydrogen (secondary N) is 1. The summed E-state index contributed by atoms with van der Waals surface area (Å²) in [7, 11) is 2.82. The predicted octanol–water partition coefficient (Wildman–Crippen LogP) is 3.96. The molecular formula is C25H22ClN3O6. The molecule has 3 aromatic rings. The second-order valence-corrected chi connectivity index (χ2v) is 8.00. The number of pyridine rings is 1. The number of nitrogens with zero attached hydrogens (tertiary/aromatic N) is 2. The van der Waals surface area contributed by atoms with E-state index in [0.717, 1.165) is 0 Å². The van der Waals surface area contributed by atoms with Gasteiger partial charge in [0.05, 0.1) is 36.6 Å². The smallest absolute Gasteiger partial charge is 0.335 e. The number of carboxylic acids is 1. The summed E-state index contributed by atoms with van der Waals surface area (Å²) in [6, 6.07) is 12.5. The van der Waals surface area contributed by atoms with E-state index in [2.05, 4.69) is 11.4 Å². The SMILES string of the molecule is COc1cn(C(C(=O)Nc2ccc(C(=O)O)cc2)C(C)OC)c(=O)cc1-c1cc(Cl)ccc1C#N. The number of hydrogen-bond acceptors (Lipinski definition) is 6. The van der Waals surface area contributed by atoms with Crippen LogP contribution in [0, 0.1) is 11.3 Å². The van der Waals surface area contributed by atoms with E-state index in [1.54, 1.807) is 25.1 Å². The molecule has 1 amide bonds. The lowest BCUT2D eigenvalue weighted by Gasteiger charge is -2.25. The van der Waals surface area contributed by atoms with E-state index in [-0.39, 0.29) is 11.3 Å². The zero-order chi connectivity index (χ0) is 25.7. The molecule has 2 aromatic carbocycles. The van der Waals surface area contributed by atoms with Gasteiger partial charge >= 0.3 is 5.97 Å². The number of benzene rings is 2. The Morgan fingerprint density at radius 3 is 2.37 bits per heavy atom. The number of rotatable bonds is 8. The molecule has 0 spiro atoms. The number of halogens is 1. The topological polar surface area (TPSA) is 131 Å². The number of nitriles is 1. The highest BCUT2D eigenvalue weighted by Gasteiger charge is 2.29. The molecule has 35 heavy (non-hydrogen) atoms. The van der Waals surface area contributed by atoms with Gasteiger partial charge in [0, 0.05) is 35.0 Å². The molecule has 0 radical (unpaired) electrons. The van der Waals surface area contributed by atoms with E-state index in [0.29, 0.717) is 27.4 Å². The first kappa shape index (κ1) is 25.5. The van der Waals surface area contributed by atoms with Crippen LogP contribution in [0.4, 0.5) is 5.69 Å². The van der Waals surface area contributed by atoms with Crippen molar-refractivity contribution in [2.75, 3.05) is 19.5 Å². The van der Waals surface area contributed by atoms with Crippen LogP contribution in [-0.2, 0) is 9.53 Å². The maximum atomic E-state index is 13.2. The number of hydrogen-bond donors (Lipinski definition) is 2. The van der Waals surface area contributed by atoms with E-state index in [1.807, 2.05) is 0 Å². The van der Waals surface area contributed by atoms with Crippen LogP contribution in [0.25, 0.3) is 11.1 Å². The molecule has 9 nitrogen and oxygen atoms in total. The van der Waals surface area contributed by atoms with Gasteiger partial charge in [0.2, 0.25) is 5.91 Å². The van der Waals surface area contributed by atoms with E-state index in [1.165, 1.54) is 55.3 Å². The largest absolute Gasteiger partial charge is 0.495 e. The molecule has 0 aliphatic rings. The molecule has 3 rings (SSSR count). The maximum absolute atomic E-state index is 13.2. The molecular weight excluding hydrogens is 474 g/mol. The van der Waals surface area contributed by atoms with Crippen molar-refractivity contribution >= 4 is 29.2 Å². The summed E-state index contributed by atoms with van der Waals surface area (Å²) >= 11 is 6.11. The Bertz CT molecular complexity index is 1360. The third-order valence-corrected chi connectivity index (χ3v) is 5.68. The molecule has 1 aromatic heterocycles. The van der Waals surface area contributed by atoms with Crippen molar-refractivity contribution in [1.82, 2.24) is 4.57 Å². The minimum Gasteiger partial charge on any atom is -0.495 e. The fourth-order valence-electron chi connectivity index (χ4n) is 3.56. The lowest BCUT2D eigenvalue weighted by molar-refractivity contribution is -0.122. The lowest BCUT2D eigenvalue weighted by Crippen LogP contribution is -2.39. The monoisotopic (exact) mass is 495 g/mol. The first-order valence-electron chi connectivity index (χ1n) is 10.4. The van der Waals surface area contributed by atoms with Crippen molar-refractivity contribution in [2.24, 2.45) is 0 Å². The van der Waals surface area contributed by atoms with Gasteiger partial charge in [-0.15, -0.1) is 0 Å². The number of carbonyl (C=O) groups is 2. The summed E-state index contributed by atoms with van der Waals surface area (Å²) in [5.74, 6) is -1.40. The predicted molar refractivity (Wildman–Crippen MR) is 130 cm³/mol. The molecule has 0 aliphatic heterocycles. The van der Waals surface area contributed by atoms with Crippen molar-refractivity contribution in [2.45, 2.75) is 19.1 Å². The number of ether oxygens (including phenoxy) is 2. The number of aromatic nitrogens is 1. The van der Waals surface area contributed by atoms with Gasteiger partial charge in [-0.05, 0) is 49.4 Å². The Labute approximate surface area is 206 Å². The molecule has 2 atom stereocenters. The summed E-state index contributed by atoms with van der Waals surface area (Å²) in [4.78, 5) is 37.5. The van der Waals surface area contributed by atoms with Crippen LogP contribution in [-0.4, -0.2) is 41.9 Å². The molecule has 2 unspecified atom stereocenters. The average molecular weight is 496 g/mol. The Morgan fingerprint density at radius 2 is 1.80 bits per heavy atom. The van der Waals surface area contributed by atoms with Gasteiger partial charge in [-0.3, -0.25) is 14.2 Å². The van der Waals surface area contributed by atoms with E-state index < -0.39 is 29.6 Å². The van der Waals surface area contributed by atoms with E-state index >= 15 is 0 Å². The average Bonchev–Trinajstić information content (AvgIpc) is 2.85. The molecule has 0 bridgehead atoms. The van der Waals surface area contributed by atoms with E-state index in [9.17, 15) is 19.6 Å². The molecule has 0 saturated heterocycles. The number of carbonyl (C=O) groups excluding carboxylic acids is 1. The van der Waals surface area contributed by atoms with Crippen LogP contribution in [0.1, 0.15) is 28.9 Å². The third-order valence-electron chi connectivity index (χ3n) is 5.44. The number of aromatic carboxylic acids is 1. The highest BCUT2D eigenvalue weighted by Crippen LogP contribution is 2.33. The van der Waals surface area contributed by atoms with Gasteiger partial charge in [0.15, 0.2) is 0 Å². The van der Waals surface area contributed by atoms with Crippen molar-refractivity contribution < 1.29 is 24.2 Å². The van der Waals surface area contributed by atoms with Gasteiger partial charge in [0.25, 0.3) is 5.56 Å². The Kier molecular flexibility index (Phi) is 7.91. The zero-order valence-electron chi connectivity index (χ0n) is 19.1. The van der Waals surface area contributed by atoms with Crippen LogP contribution in [0.3, 0.4) is 0 Å². The van der Waals surface area contributed by atoms with Crippen molar-refractivity contribution in [3.8, 4) is 22.9 Å². The Hall–Kier alpha value is -4.13. The van der Waals surface area contributed by atoms with Crippen LogP contribution in [0.5, 0.6) is 5.75 Å². The normalized spacial score (nSPS) is 12.3. The van der Waals surface area contributed by atoms with Gasteiger partial charge in [-0.1, -0.05) is 11.6 Å². The lowest BCUT2D eigenvalue weighted by atomic mass is 10.00. The maximum Gasteiger partial charge on any atom is 0.335 e. The highest BCUT2D eigenvalue weighted by molar-refractivity contribution is 6.31. The second kappa shape index (κ2) is 10.9. The van der Waals surface area contributed by atoms with Crippen molar-refractivity contribution in [1.29, 1.82) is 5.26 Å². The Morgan fingerprint density at radius 1 is 1.11 bits per heavy atom. The minimum atomic E-state index is -1.09. The summed E-state index contributed by atoms with van der Waals surface area (Å²) < 4.78 is 12.1. The summed E-state index contributed by atoms with van der Waals surface area (Å²) in [6.07, 6.45) is 0.662. The highest BCUT2D eigenvalue weighted by atomic mass is 35.5. The summed E-state index contributed by atoms with van der Waals surface area (Å²) in [5, 5.41) is 21.6. The van der Waals surface area contributed by atoms with Gasteiger partial charge in [0.1, 0.15) is 11.8 Å². The van der Waals surface area contributed by atoms with E-state index in [4.69, 9.17) is 26.2 Å². The zero-order valence-corrected chi connectivity index (χ0v) is 19.9. The number of carboxylic acid groups (broad SMARTS) is 1. The van der Waals surface area contributed by atoms with Crippen LogP contribution in [0.2, 0.25) is 5.02 Å². The van der Waals surface area contributed by atoms with Crippen molar-refractivity contribution in [3.63, 3.8) is 0 Å². The van der Waals surface area contributed by atoms with Crippen LogP contribution < -0.4 is 15.6 Å². The number of methoxy groups -OCH3 is 2. The van der Waals surface area contributed by atoms with Gasteiger partial charge < -0.3 is 19.9 Å². The quantitative estimate of drug-likeness (QED) is 0.483. The summed E-state index contributed by atoms with van der Waals surface area (Å²) in [5.41, 5.74) is 0.951. The standard InChI is InChI=1S/C25H22ClN3O6/c1-14(34-2)23(24(31)28-18-8-5-15(6-9-18)25(32)33)29-13-21(35-3)20(11-22(29)30)19-10-17(26)7-4-16(19)12-27/h4-11,13-14,23H,1-3H3,(H,28,31)(H,32,33). The van der Waals surface area contributed by atoms with Gasteiger partial charge in [-0.2, -0.15) is 5.26 Å². The van der Waals surface area contributed by atoms with Crippen LogP contribution in [0.15, 0.2) is 59.5 Å². The molecule has 2 N–H and O–H groups in total. The first-order valence-corrected chi connectivity index (χ1v) is 10.7. The van der Waals surface area contributed by atoms with Gasteiger partial charge in [-0.25, -0.2) is 4.79 Å².